The predicted octanol–water partition coefficient (Wildman–Crippen LogP) is 3.57. The Morgan fingerprint density at radius 3 is 2.25 bits per heavy atom. The zero-order valence-electron chi connectivity index (χ0n) is 19.7. The summed E-state index contributed by atoms with van der Waals surface area (Å²) in [6, 6.07) is 14.7. The molecule has 7 nitrogen and oxygen atoms in total. The number of hydrogen-bond acceptors (Lipinski definition) is 5. The van der Waals surface area contributed by atoms with E-state index in [-0.39, 0.29) is 0 Å². The van der Waals surface area contributed by atoms with Gasteiger partial charge in [-0.15, -0.1) is 0 Å². The largest absolute Gasteiger partial charge is 0.497 e. The molecule has 0 aromatic heterocycles. The molecule has 174 valence electrons. The average Bonchev–Trinajstić information content (AvgIpc) is 2.83. The molecule has 1 heterocycles. The minimum atomic E-state index is 0.380. The summed E-state index contributed by atoms with van der Waals surface area (Å²) in [5, 5.41) is 7.01. The molecule has 1 aliphatic rings. The molecule has 2 N–H and O–H groups in total. The number of anilines is 1. The summed E-state index contributed by atoms with van der Waals surface area (Å²) in [5.74, 6) is 2.49. The monoisotopic (exact) mass is 440 g/mol. The topological polar surface area (TPSA) is 67.4 Å². The summed E-state index contributed by atoms with van der Waals surface area (Å²) >= 11 is 0. The summed E-state index contributed by atoms with van der Waals surface area (Å²) in [5.41, 5.74) is 3.50. The van der Waals surface area contributed by atoms with Crippen LogP contribution in [0, 0.1) is 0 Å². The van der Waals surface area contributed by atoms with Gasteiger partial charge < -0.3 is 29.7 Å². The van der Waals surface area contributed by atoms with Gasteiger partial charge in [-0.05, 0) is 30.9 Å². The smallest absolute Gasteiger partial charge is 0.191 e. The van der Waals surface area contributed by atoms with Crippen molar-refractivity contribution >= 4 is 11.6 Å². The second-order valence-corrected chi connectivity index (χ2v) is 7.87. The molecule has 1 saturated heterocycles. The fraction of sp³-hybridized carbons (Fsp3) is 0.480. The first-order chi connectivity index (χ1) is 15.7. The van der Waals surface area contributed by atoms with Crippen LogP contribution in [-0.2, 0) is 17.9 Å². The highest BCUT2D eigenvalue weighted by molar-refractivity contribution is 5.80. The van der Waals surface area contributed by atoms with Crippen molar-refractivity contribution in [3.05, 3.63) is 53.6 Å². The van der Waals surface area contributed by atoms with Gasteiger partial charge in [0.05, 0.1) is 27.4 Å². The number of ether oxygens (including phenoxy) is 3. The van der Waals surface area contributed by atoms with Gasteiger partial charge >= 0.3 is 0 Å². The van der Waals surface area contributed by atoms with Gasteiger partial charge in [0.1, 0.15) is 11.5 Å². The molecule has 7 heteroatoms. The lowest BCUT2D eigenvalue weighted by Gasteiger charge is -2.34. The first kappa shape index (κ1) is 23.7. The van der Waals surface area contributed by atoms with E-state index in [4.69, 9.17) is 19.2 Å². The number of guanidine groups is 1. The van der Waals surface area contributed by atoms with Crippen molar-refractivity contribution in [3.63, 3.8) is 0 Å². The van der Waals surface area contributed by atoms with Crippen LogP contribution in [0.1, 0.15) is 30.9 Å². The van der Waals surface area contributed by atoms with Crippen molar-refractivity contribution in [1.29, 1.82) is 0 Å². The zero-order valence-corrected chi connectivity index (χ0v) is 19.7. The maximum absolute atomic E-state index is 5.42. The Morgan fingerprint density at radius 2 is 1.66 bits per heavy atom. The molecule has 32 heavy (non-hydrogen) atoms. The number of nitrogens with one attached hydrogen (secondary N) is 2. The van der Waals surface area contributed by atoms with E-state index in [2.05, 4.69) is 46.7 Å². The van der Waals surface area contributed by atoms with E-state index in [9.17, 15) is 0 Å². The first-order valence-electron chi connectivity index (χ1n) is 11.2. The molecular weight excluding hydrogens is 404 g/mol. The third kappa shape index (κ3) is 6.53. The highest BCUT2D eigenvalue weighted by atomic mass is 16.5. The van der Waals surface area contributed by atoms with Crippen LogP contribution in [0.25, 0.3) is 0 Å². The Morgan fingerprint density at radius 1 is 1.00 bits per heavy atom. The minimum Gasteiger partial charge on any atom is -0.497 e. The number of rotatable bonds is 9. The summed E-state index contributed by atoms with van der Waals surface area (Å²) in [6.45, 7) is 6.07. The van der Waals surface area contributed by atoms with Crippen molar-refractivity contribution in [2.45, 2.75) is 39.0 Å². The van der Waals surface area contributed by atoms with Crippen molar-refractivity contribution in [1.82, 2.24) is 10.6 Å². The summed E-state index contributed by atoms with van der Waals surface area (Å²) in [6.07, 6.45) is 2.06. The van der Waals surface area contributed by atoms with Gasteiger partial charge in [-0.3, -0.25) is 0 Å². The SMILES string of the molecule is CCNC(=NCc1ccccc1COC)NC1CCN(c2cc(OC)cc(OC)c2)CC1. The molecule has 0 bridgehead atoms. The molecule has 1 fully saturated rings. The third-order valence-electron chi connectivity index (χ3n) is 5.71. The molecule has 0 atom stereocenters. The van der Waals surface area contributed by atoms with Crippen LogP contribution in [0.2, 0.25) is 0 Å². The van der Waals surface area contributed by atoms with E-state index >= 15 is 0 Å². The van der Waals surface area contributed by atoms with Gasteiger partial charge in [-0.2, -0.15) is 0 Å². The highest BCUT2D eigenvalue weighted by Gasteiger charge is 2.21. The first-order valence-corrected chi connectivity index (χ1v) is 11.2. The highest BCUT2D eigenvalue weighted by Crippen LogP contribution is 2.30. The molecular formula is C25H36N4O3. The molecule has 3 rings (SSSR count). The lowest BCUT2D eigenvalue weighted by atomic mass is 10.0. The molecule has 0 spiro atoms. The van der Waals surface area contributed by atoms with E-state index in [0.29, 0.717) is 19.2 Å². The van der Waals surface area contributed by atoms with Crippen LogP contribution in [-0.4, -0.2) is 53.0 Å². The Balaban J connectivity index is 1.60. The quantitative estimate of drug-likeness (QED) is 0.459. The second-order valence-electron chi connectivity index (χ2n) is 7.87. The normalized spacial score (nSPS) is 14.9. The molecule has 2 aromatic rings. The molecule has 1 aliphatic heterocycles. The van der Waals surface area contributed by atoms with Gasteiger partial charge in [0, 0.05) is 56.7 Å². The molecule has 0 radical (unpaired) electrons. The van der Waals surface area contributed by atoms with Crippen molar-refractivity contribution in [3.8, 4) is 11.5 Å². The number of hydrogen-bond donors (Lipinski definition) is 2. The van der Waals surface area contributed by atoms with Crippen molar-refractivity contribution in [2.24, 2.45) is 4.99 Å². The molecule has 0 unspecified atom stereocenters. The predicted molar refractivity (Wildman–Crippen MR) is 130 cm³/mol. The Kier molecular flexibility index (Phi) is 9.04. The Bertz CT molecular complexity index is 857. The summed E-state index contributed by atoms with van der Waals surface area (Å²) < 4.78 is 16.2. The van der Waals surface area contributed by atoms with Gasteiger partial charge in [-0.1, -0.05) is 24.3 Å². The van der Waals surface area contributed by atoms with Gasteiger partial charge in [0.25, 0.3) is 0 Å². The standard InChI is InChI=1S/C25H36N4O3/c1-5-26-25(27-17-19-8-6-7-9-20(19)18-30-2)28-21-10-12-29(13-11-21)22-14-23(31-3)16-24(15-22)32-4/h6-9,14-16,21H,5,10-13,17-18H2,1-4H3,(H2,26,27,28). The third-order valence-corrected chi connectivity index (χ3v) is 5.71. The molecule has 2 aromatic carbocycles. The van der Waals surface area contributed by atoms with Crippen LogP contribution in [0.4, 0.5) is 5.69 Å². The summed E-state index contributed by atoms with van der Waals surface area (Å²) in [7, 11) is 5.09. The molecule has 0 saturated carbocycles. The lowest BCUT2D eigenvalue weighted by Crippen LogP contribution is -2.48. The fourth-order valence-corrected chi connectivity index (χ4v) is 3.94. The van der Waals surface area contributed by atoms with E-state index < -0.39 is 0 Å². The van der Waals surface area contributed by atoms with Crippen molar-refractivity contribution in [2.75, 3.05) is 45.9 Å². The van der Waals surface area contributed by atoms with E-state index in [0.717, 1.165) is 55.6 Å². The van der Waals surface area contributed by atoms with Gasteiger partial charge in [-0.25, -0.2) is 4.99 Å². The van der Waals surface area contributed by atoms with E-state index in [1.54, 1.807) is 21.3 Å². The number of piperidine rings is 1. The summed E-state index contributed by atoms with van der Waals surface area (Å²) in [4.78, 5) is 7.22. The van der Waals surface area contributed by atoms with Crippen LogP contribution < -0.4 is 25.0 Å². The van der Waals surface area contributed by atoms with Crippen molar-refractivity contribution < 1.29 is 14.2 Å². The number of aliphatic imine (C=N–C) groups is 1. The van der Waals surface area contributed by atoms with Gasteiger partial charge in [0.2, 0.25) is 0 Å². The maximum Gasteiger partial charge on any atom is 0.191 e. The van der Waals surface area contributed by atoms with E-state index in [1.165, 1.54) is 11.1 Å². The number of nitrogens with zero attached hydrogens (tertiary/aromatic N) is 2. The van der Waals surface area contributed by atoms with Crippen LogP contribution >= 0.6 is 0 Å². The average molecular weight is 441 g/mol. The lowest BCUT2D eigenvalue weighted by molar-refractivity contribution is 0.184. The molecule has 0 aliphatic carbocycles. The Labute approximate surface area is 191 Å². The van der Waals surface area contributed by atoms with Crippen LogP contribution in [0.5, 0.6) is 11.5 Å². The van der Waals surface area contributed by atoms with Crippen LogP contribution in [0.3, 0.4) is 0 Å². The Hall–Kier alpha value is -2.93. The second kappa shape index (κ2) is 12.2. The molecule has 0 amide bonds. The van der Waals surface area contributed by atoms with Crippen LogP contribution in [0.15, 0.2) is 47.5 Å². The number of methoxy groups -OCH3 is 3. The number of benzene rings is 2. The minimum absolute atomic E-state index is 0.380. The van der Waals surface area contributed by atoms with Gasteiger partial charge in [0.15, 0.2) is 5.96 Å². The van der Waals surface area contributed by atoms with E-state index in [1.807, 2.05) is 18.2 Å². The zero-order chi connectivity index (χ0) is 22.8. The fourth-order valence-electron chi connectivity index (χ4n) is 3.94. The maximum atomic E-state index is 5.42.